The molecule has 1 aromatic heterocycles. The van der Waals surface area contributed by atoms with Crippen LogP contribution in [0.15, 0.2) is 30.6 Å². The lowest BCUT2D eigenvalue weighted by Crippen LogP contribution is -2.46. The van der Waals surface area contributed by atoms with E-state index in [0.29, 0.717) is 11.1 Å². The van der Waals surface area contributed by atoms with E-state index in [9.17, 15) is 4.79 Å². The third-order valence-electron chi connectivity index (χ3n) is 5.81. The van der Waals surface area contributed by atoms with Gasteiger partial charge in [-0.25, -0.2) is 0 Å². The number of carbonyl (C=O) groups excluding carboxylic acids is 1. The van der Waals surface area contributed by atoms with Gasteiger partial charge in [0.15, 0.2) is 0 Å². The number of benzene rings is 1. The summed E-state index contributed by atoms with van der Waals surface area (Å²) >= 11 is 0. The van der Waals surface area contributed by atoms with E-state index in [-0.39, 0.29) is 11.3 Å². The third-order valence-corrected chi connectivity index (χ3v) is 5.81. The molecule has 0 bridgehead atoms. The molecule has 1 amide bonds. The molecule has 26 heavy (non-hydrogen) atoms. The Morgan fingerprint density at radius 3 is 2.96 bits per heavy atom. The van der Waals surface area contributed by atoms with Crippen LogP contribution in [0.4, 0.5) is 0 Å². The Morgan fingerprint density at radius 2 is 2.08 bits per heavy atom. The fourth-order valence-electron chi connectivity index (χ4n) is 4.50. The predicted octanol–water partition coefficient (Wildman–Crippen LogP) is 2.20. The molecule has 3 heterocycles. The minimum Gasteiger partial charge on any atom is -0.383 e. The molecule has 2 saturated heterocycles. The van der Waals surface area contributed by atoms with Crippen molar-refractivity contribution in [2.75, 3.05) is 46.4 Å². The average Bonchev–Trinajstić information content (AvgIpc) is 3.08. The van der Waals surface area contributed by atoms with Crippen molar-refractivity contribution in [1.29, 1.82) is 0 Å². The van der Waals surface area contributed by atoms with E-state index < -0.39 is 0 Å². The second-order valence-electron chi connectivity index (χ2n) is 7.58. The molecule has 138 valence electrons. The van der Waals surface area contributed by atoms with E-state index in [1.54, 1.807) is 19.5 Å². The summed E-state index contributed by atoms with van der Waals surface area (Å²) in [6, 6.07) is 5.67. The number of ether oxygens (including phenoxy) is 1. The molecule has 6 nitrogen and oxygen atoms in total. The van der Waals surface area contributed by atoms with Gasteiger partial charge in [0.05, 0.1) is 17.7 Å². The standard InChI is InChI=1S/C20H26N4O2/c1-26-13-12-23-10-3-6-20(14-23)7-11-24(15-20)19(25)16-4-2-5-17-18(16)22-9-8-21-17/h2,4-5,8-9H,3,6-7,10-15H2,1H3. The highest BCUT2D eigenvalue weighted by Crippen LogP contribution is 2.39. The summed E-state index contributed by atoms with van der Waals surface area (Å²) in [5, 5.41) is 0. The molecular formula is C20H26N4O2. The van der Waals surface area contributed by atoms with Crippen molar-refractivity contribution in [2.45, 2.75) is 19.3 Å². The Morgan fingerprint density at radius 1 is 1.19 bits per heavy atom. The van der Waals surface area contributed by atoms with Crippen molar-refractivity contribution in [2.24, 2.45) is 5.41 Å². The maximum Gasteiger partial charge on any atom is 0.256 e. The number of rotatable bonds is 4. The zero-order valence-electron chi connectivity index (χ0n) is 15.4. The third kappa shape index (κ3) is 3.31. The molecule has 2 fully saturated rings. The van der Waals surface area contributed by atoms with Gasteiger partial charge in [0, 0.05) is 51.1 Å². The average molecular weight is 354 g/mol. The molecule has 1 spiro atoms. The van der Waals surface area contributed by atoms with Crippen LogP contribution in [0.3, 0.4) is 0 Å². The number of carbonyl (C=O) groups is 1. The van der Waals surface area contributed by atoms with E-state index in [2.05, 4.69) is 14.9 Å². The quantitative estimate of drug-likeness (QED) is 0.842. The van der Waals surface area contributed by atoms with E-state index in [0.717, 1.165) is 51.3 Å². The molecule has 0 N–H and O–H groups in total. The van der Waals surface area contributed by atoms with Gasteiger partial charge < -0.3 is 14.5 Å². The number of likely N-dealkylation sites (tertiary alicyclic amines) is 2. The van der Waals surface area contributed by atoms with E-state index >= 15 is 0 Å². The Labute approximate surface area is 154 Å². The highest BCUT2D eigenvalue weighted by Gasteiger charge is 2.42. The van der Waals surface area contributed by atoms with E-state index in [1.807, 2.05) is 23.1 Å². The van der Waals surface area contributed by atoms with E-state index in [4.69, 9.17) is 4.74 Å². The summed E-state index contributed by atoms with van der Waals surface area (Å²) in [6.45, 7) is 5.62. The van der Waals surface area contributed by atoms with Crippen LogP contribution in [-0.2, 0) is 4.74 Å². The van der Waals surface area contributed by atoms with Gasteiger partial charge in [-0.2, -0.15) is 0 Å². The monoisotopic (exact) mass is 354 g/mol. The highest BCUT2D eigenvalue weighted by atomic mass is 16.5. The lowest BCUT2D eigenvalue weighted by Gasteiger charge is -2.40. The first kappa shape index (κ1) is 17.4. The van der Waals surface area contributed by atoms with Crippen LogP contribution in [0.1, 0.15) is 29.6 Å². The van der Waals surface area contributed by atoms with Crippen LogP contribution in [-0.4, -0.2) is 72.1 Å². The molecule has 0 saturated carbocycles. The van der Waals surface area contributed by atoms with Crippen LogP contribution in [0, 0.1) is 5.41 Å². The fourth-order valence-corrected chi connectivity index (χ4v) is 4.50. The molecule has 1 unspecified atom stereocenters. The van der Waals surface area contributed by atoms with Crippen LogP contribution >= 0.6 is 0 Å². The Hall–Kier alpha value is -2.05. The van der Waals surface area contributed by atoms with Crippen molar-refractivity contribution in [1.82, 2.24) is 19.8 Å². The first-order chi connectivity index (χ1) is 12.7. The Balaban J connectivity index is 1.50. The smallest absolute Gasteiger partial charge is 0.256 e. The van der Waals surface area contributed by atoms with Crippen LogP contribution < -0.4 is 0 Å². The SMILES string of the molecule is COCCN1CCCC2(CCN(C(=O)c3cccc4nccnc34)C2)C1. The summed E-state index contributed by atoms with van der Waals surface area (Å²) in [5.41, 5.74) is 2.37. The molecule has 0 radical (unpaired) electrons. The number of piperidine rings is 1. The second kappa shape index (κ2) is 7.29. The first-order valence-electron chi connectivity index (χ1n) is 9.41. The van der Waals surface area contributed by atoms with Gasteiger partial charge in [0.25, 0.3) is 5.91 Å². The van der Waals surface area contributed by atoms with E-state index in [1.165, 1.54) is 12.8 Å². The number of amides is 1. The van der Waals surface area contributed by atoms with Crippen LogP contribution in [0.2, 0.25) is 0 Å². The van der Waals surface area contributed by atoms with Gasteiger partial charge in [0.2, 0.25) is 0 Å². The van der Waals surface area contributed by atoms with Crippen molar-refractivity contribution in [3.63, 3.8) is 0 Å². The van der Waals surface area contributed by atoms with Gasteiger partial charge in [-0.15, -0.1) is 0 Å². The minimum atomic E-state index is 0.0852. The number of hydrogen-bond donors (Lipinski definition) is 0. The summed E-state index contributed by atoms with van der Waals surface area (Å²) in [4.78, 5) is 26.4. The van der Waals surface area contributed by atoms with Crippen molar-refractivity contribution in [3.05, 3.63) is 36.2 Å². The van der Waals surface area contributed by atoms with Crippen LogP contribution in [0.25, 0.3) is 11.0 Å². The number of para-hydroxylation sites is 1. The topological polar surface area (TPSA) is 58.6 Å². The fraction of sp³-hybridized carbons (Fsp3) is 0.550. The first-order valence-corrected chi connectivity index (χ1v) is 9.41. The lowest BCUT2D eigenvalue weighted by molar-refractivity contribution is 0.0602. The molecule has 0 aliphatic carbocycles. The Bertz CT molecular complexity index is 791. The zero-order valence-corrected chi connectivity index (χ0v) is 15.4. The molecule has 2 aliphatic rings. The number of nitrogens with zero attached hydrogens (tertiary/aromatic N) is 4. The predicted molar refractivity (Wildman–Crippen MR) is 100 cm³/mol. The lowest BCUT2D eigenvalue weighted by atomic mass is 9.79. The molecular weight excluding hydrogens is 328 g/mol. The minimum absolute atomic E-state index is 0.0852. The van der Waals surface area contributed by atoms with Gasteiger partial charge in [0.1, 0.15) is 5.52 Å². The second-order valence-corrected chi connectivity index (χ2v) is 7.58. The number of hydrogen-bond acceptors (Lipinski definition) is 5. The number of aromatic nitrogens is 2. The van der Waals surface area contributed by atoms with Crippen molar-refractivity contribution >= 4 is 16.9 Å². The summed E-state index contributed by atoms with van der Waals surface area (Å²) in [7, 11) is 1.75. The summed E-state index contributed by atoms with van der Waals surface area (Å²) < 4.78 is 5.23. The van der Waals surface area contributed by atoms with Crippen LogP contribution in [0.5, 0.6) is 0 Å². The van der Waals surface area contributed by atoms with Crippen molar-refractivity contribution < 1.29 is 9.53 Å². The summed E-state index contributed by atoms with van der Waals surface area (Å²) in [5.74, 6) is 0.0852. The summed E-state index contributed by atoms with van der Waals surface area (Å²) in [6.07, 6.45) is 6.80. The van der Waals surface area contributed by atoms with Gasteiger partial charge in [-0.1, -0.05) is 6.07 Å². The van der Waals surface area contributed by atoms with Crippen molar-refractivity contribution in [3.8, 4) is 0 Å². The molecule has 2 aromatic rings. The molecule has 4 rings (SSSR count). The zero-order chi connectivity index (χ0) is 18.0. The van der Waals surface area contributed by atoms with Gasteiger partial charge in [-0.3, -0.25) is 14.8 Å². The molecule has 1 aromatic carbocycles. The Kier molecular flexibility index (Phi) is 4.87. The maximum absolute atomic E-state index is 13.2. The molecule has 1 atom stereocenters. The largest absolute Gasteiger partial charge is 0.383 e. The maximum atomic E-state index is 13.2. The molecule has 6 heteroatoms. The van der Waals surface area contributed by atoms with Gasteiger partial charge in [-0.05, 0) is 37.9 Å². The highest BCUT2D eigenvalue weighted by molar-refractivity contribution is 6.04. The van der Waals surface area contributed by atoms with Gasteiger partial charge >= 0.3 is 0 Å². The number of methoxy groups -OCH3 is 1. The normalized spacial score (nSPS) is 23.8. The molecule has 2 aliphatic heterocycles. The number of fused-ring (bicyclic) bond motifs is 1.